The molecule has 0 radical (unpaired) electrons. The summed E-state index contributed by atoms with van der Waals surface area (Å²) in [5, 5.41) is 5.72. The van der Waals surface area contributed by atoms with Crippen molar-refractivity contribution in [2.75, 3.05) is 13.1 Å². The van der Waals surface area contributed by atoms with Crippen LogP contribution in [0.1, 0.15) is 57.4 Å². The van der Waals surface area contributed by atoms with E-state index in [9.17, 15) is 14.4 Å². The Bertz CT molecular complexity index is 706. The van der Waals surface area contributed by atoms with E-state index in [1.807, 2.05) is 25.1 Å². The van der Waals surface area contributed by atoms with Crippen molar-refractivity contribution >= 4 is 17.8 Å². The Labute approximate surface area is 160 Å². The highest BCUT2D eigenvalue weighted by Crippen LogP contribution is 2.38. The van der Waals surface area contributed by atoms with Gasteiger partial charge in [0.15, 0.2) is 0 Å². The van der Waals surface area contributed by atoms with Crippen LogP contribution in [0.4, 0.5) is 4.79 Å². The number of imide groups is 1. The molecule has 3 unspecified atom stereocenters. The van der Waals surface area contributed by atoms with Crippen molar-refractivity contribution in [1.82, 2.24) is 15.5 Å². The third kappa shape index (κ3) is 3.99. The molecule has 1 aromatic rings. The van der Waals surface area contributed by atoms with Gasteiger partial charge in [0.1, 0.15) is 12.1 Å². The lowest BCUT2D eigenvalue weighted by Crippen LogP contribution is -2.54. The lowest BCUT2D eigenvalue weighted by Gasteiger charge is -2.36. The van der Waals surface area contributed by atoms with E-state index in [1.165, 1.54) is 5.56 Å². The van der Waals surface area contributed by atoms with Gasteiger partial charge in [0.2, 0.25) is 5.91 Å². The Hall–Kier alpha value is -2.37. The molecule has 1 saturated carbocycles. The predicted octanol–water partition coefficient (Wildman–Crippen LogP) is 2.80. The molecule has 1 aromatic carbocycles. The fraction of sp³-hybridized carbons (Fsp3) is 0.571. The highest BCUT2D eigenvalue weighted by molar-refractivity contribution is 6.09. The van der Waals surface area contributed by atoms with E-state index in [4.69, 9.17) is 0 Å². The molecular weight excluding hydrogens is 342 g/mol. The topological polar surface area (TPSA) is 78.5 Å². The second-order valence-electron chi connectivity index (χ2n) is 7.89. The summed E-state index contributed by atoms with van der Waals surface area (Å²) in [6.45, 7) is 4.43. The van der Waals surface area contributed by atoms with Crippen LogP contribution in [-0.2, 0) is 9.59 Å². The van der Waals surface area contributed by atoms with Crippen LogP contribution in [0.5, 0.6) is 0 Å². The molecule has 2 aliphatic rings. The fourth-order valence-electron chi connectivity index (χ4n) is 4.21. The van der Waals surface area contributed by atoms with E-state index in [-0.39, 0.29) is 24.3 Å². The lowest BCUT2D eigenvalue weighted by molar-refractivity contribution is -0.137. The van der Waals surface area contributed by atoms with Crippen molar-refractivity contribution in [1.29, 1.82) is 0 Å². The number of carbonyl (C=O) groups is 3. The van der Waals surface area contributed by atoms with E-state index in [0.717, 1.165) is 30.6 Å². The number of hydrogen-bond donors (Lipinski definition) is 2. The van der Waals surface area contributed by atoms with Crippen molar-refractivity contribution in [3.63, 3.8) is 0 Å². The number of urea groups is 1. The van der Waals surface area contributed by atoms with Crippen molar-refractivity contribution in [3.05, 3.63) is 35.9 Å². The Morgan fingerprint density at radius 3 is 2.74 bits per heavy atom. The smallest absolute Gasteiger partial charge is 0.325 e. The van der Waals surface area contributed by atoms with Crippen molar-refractivity contribution in [2.45, 2.75) is 57.4 Å². The largest absolute Gasteiger partial charge is 0.355 e. The monoisotopic (exact) mass is 371 g/mol. The zero-order chi connectivity index (χ0) is 19.4. The normalized spacial score (nSPS) is 26.1. The average Bonchev–Trinajstić information content (AvgIpc) is 2.90. The Balaban J connectivity index is 1.50. The van der Waals surface area contributed by atoms with Crippen LogP contribution in [0.2, 0.25) is 0 Å². The maximum Gasteiger partial charge on any atom is 0.325 e. The zero-order valence-electron chi connectivity index (χ0n) is 16.2. The van der Waals surface area contributed by atoms with Crippen LogP contribution < -0.4 is 10.6 Å². The van der Waals surface area contributed by atoms with Gasteiger partial charge in [0.05, 0.1) is 0 Å². The number of hydrogen-bond acceptors (Lipinski definition) is 3. The molecule has 0 bridgehead atoms. The molecule has 1 saturated heterocycles. The molecule has 27 heavy (non-hydrogen) atoms. The van der Waals surface area contributed by atoms with Crippen LogP contribution in [0.25, 0.3) is 0 Å². The Morgan fingerprint density at radius 2 is 2.04 bits per heavy atom. The van der Waals surface area contributed by atoms with Crippen molar-refractivity contribution in [2.24, 2.45) is 5.92 Å². The van der Waals surface area contributed by atoms with Gasteiger partial charge >= 0.3 is 6.03 Å². The van der Waals surface area contributed by atoms with Gasteiger partial charge in [-0.15, -0.1) is 0 Å². The van der Waals surface area contributed by atoms with Crippen LogP contribution in [0, 0.1) is 5.92 Å². The minimum atomic E-state index is -0.808. The highest BCUT2D eigenvalue weighted by atomic mass is 16.2. The Kier molecular flexibility index (Phi) is 5.82. The molecule has 2 fully saturated rings. The fourth-order valence-corrected chi connectivity index (χ4v) is 4.21. The van der Waals surface area contributed by atoms with Crippen molar-refractivity contribution in [3.8, 4) is 0 Å². The van der Waals surface area contributed by atoms with Crippen LogP contribution in [-0.4, -0.2) is 41.4 Å². The van der Waals surface area contributed by atoms with E-state index >= 15 is 0 Å². The van der Waals surface area contributed by atoms with Crippen molar-refractivity contribution < 1.29 is 14.4 Å². The average molecular weight is 371 g/mol. The van der Waals surface area contributed by atoms with Gasteiger partial charge in [-0.1, -0.05) is 57.0 Å². The third-order valence-electron chi connectivity index (χ3n) is 6.07. The standard InChI is InChI=1S/C21H29N3O3/c1-15(17-9-4-3-5-10-17)11-13-22-18(25)14-24-19(26)21(23-20(24)27)12-7-6-8-16(21)2/h3-5,9-10,15-16H,6-8,11-14H2,1-2H3,(H,22,25)(H,23,27). The maximum absolute atomic E-state index is 12.9. The number of rotatable bonds is 6. The number of nitrogens with zero attached hydrogens (tertiary/aromatic N) is 1. The van der Waals surface area contributed by atoms with E-state index in [0.29, 0.717) is 18.9 Å². The molecule has 1 spiro atoms. The van der Waals surface area contributed by atoms with Gasteiger partial charge in [0.25, 0.3) is 5.91 Å². The molecule has 146 valence electrons. The highest BCUT2D eigenvalue weighted by Gasteiger charge is 2.55. The molecule has 3 rings (SSSR count). The zero-order valence-corrected chi connectivity index (χ0v) is 16.2. The van der Waals surface area contributed by atoms with Gasteiger partial charge in [-0.2, -0.15) is 0 Å². The molecule has 1 aliphatic heterocycles. The molecule has 1 heterocycles. The molecule has 0 aromatic heterocycles. The third-order valence-corrected chi connectivity index (χ3v) is 6.07. The molecule has 6 nitrogen and oxygen atoms in total. The van der Waals surface area contributed by atoms with Gasteiger partial charge in [-0.3, -0.25) is 14.5 Å². The van der Waals surface area contributed by atoms with Crippen LogP contribution in [0.15, 0.2) is 30.3 Å². The second kappa shape index (κ2) is 8.11. The summed E-state index contributed by atoms with van der Waals surface area (Å²) in [6, 6.07) is 9.70. The minimum Gasteiger partial charge on any atom is -0.355 e. The summed E-state index contributed by atoms with van der Waals surface area (Å²) in [5.74, 6) is -0.108. The molecule has 4 amide bonds. The SMILES string of the molecule is CC(CCNC(=O)CN1C(=O)NC2(CCCCC2C)C1=O)c1ccccc1. The summed E-state index contributed by atoms with van der Waals surface area (Å²) in [6.07, 6.45) is 4.38. The van der Waals surface area contributed by atoms with Crippen LogP contribution in [0.3, 0.4) is 0 Å². The molecule has 2 N–H and O–H groups in total. The first-order valence-electron chi connectivity index (χ1n) is 9.90. The van der Waals surface area contributed by atoms with E-state index in [1.54, 1.807) is 0 Å². The van der Waals surface area contributed by atoms with Gasteiger partial charge in [-0.05, 0) is 36.7 Å². The quantitative estimate of drug-likeness (QED) is 0.755. The maximum atomic E-state index is 12.9. The summed E-state index contributed by atoms with van der Waals surface area (Å²) in [7, 11) is 0. The Morgan fingerprint density at radius 1 is 1.30 bits per heavy atom. The van der Waals surface area contributed by atoms with Crippen LogP contribution >= 0.6 is 0 Å². The number of nitrogens with one attached hydrogen (secondary N) is 2. The number of carbonyl (C=O) groups excluding carboxylic acids is 3. The first kappa shape index (κ1) is 19.4. The minimum absolute atomic E-state index is 0.0995. The molecule has 6 heteroatoms. The van der Waals surface area contributed by atoms with E-state index < -0.39 is 11.6 Å². The van der Waals surface area contributed by atoms with Gasteiger partial charge in [-0.25, -0.2) is 4.79 Å². The van der Waals surface area contributed by atoms with Gasteiger partial charge < -0.3 is 10.6 Å². The number of benzene rings is 1. The first-order chi connectivity index (χ1) is 12.9. The first-order valence-corrected chi connectivity index (χ1v) is 9.90. The molecular formula is C21H29N3O3. The summed E-state index contributed by atoms with van der Waals surface area (Å²) in [4.78, 5) is 38.5. The molecule has 3 atom stereocenters. The lowest BCUT2D eigenvalue weighted by atomic mass is 9.73. The van der Waals surface area contributed by atoms with Gasteiger partial charge in [0, 0.05) is 6.54 Å². The second-order valence-corrected chi connectivity index (χ2v) is 7.89. The van der Waals surface area contributed by atoms with E-state index in [2.05, 4.69) is 29.7 Å². The summed E-state index contributed by atoms with van der Waals surface area (Å²) >= 11 is 0. The summed E-state index contributed by atoms with van der Waals surface area (Å²) < 4.78 is 0. The molecule has 1 aliphatic carbocycles. The predicted molar refractivity (Wildman–Crippen MR) is 103 cm³/mol. The number of amides is 4. The summed E-state index contributed by atoms with van der Waals surface area (Å²) in [5.41, 5.74) is 0.423.